The van der Waals surface area contributed by atoms with Gasteiger partial charge in [-0.15, -0.1) is 0 Å². The Labute approximate surface area is 127 Å². The molecule has 0 aliphatic carbocycles. The summed E-state index contributed by atoms with van der Waals surface area (Å²) in [5.74, 6) is 0.332. The molecule has 2 atom stereocenters. The molecule has 6 nitrogen and oxygen atoms in total. The molecule has 0 spiro atoms. The van der Waals surface area contributed by atoms with Gasteiger partial charge in [-0.1, -0.05) is 6.42 Å². The highest BCUT2D eigenvalue weighted by molar-refractivity contribution is 7.88. The monoisotopic (exact) mass is 318 g/mol. The standard InChI is InChI=1S/C14H26N2O4S/c1-3-15(10-12-7-9-20-11-12)14(17)13-6-4-5-8-16(13)21(2,18)19/h12-13H,3-11H2,1-2H3/t12-,13-/m0/s1. The highest BCUT2D eigenvalue weighted by Crippen LogP contribution is 2.23. The summed E-state index contributed by atoms with van der Waals surface area (Å²) < 4.78 is 30.5. The Morgan fingerprint density at radius 2 is 2.10 bits per heavy atom. The molecular weight excluding hydrogens is 292 g/mol. The quantitative estimate of drug-likeness (QED) is 0.748. The van der Waals surface area contributed by atoms with Gasteiger partial charge in [-0.3, -0.25) is 4.79 Å². The van der Waals surface area contributed by atoms with E-state index in [0.29, 0.717) is 38.6 Å². The van der Waals surface area contributed by atoms with Crippen molar-refractivity contribution in [2.24, 2.45) is 5.92 Å². The molecular formula is C14H26N2O4S. The molecule has 0 aromatic heterocycles. The van der Waals surface area contributed by atoms with Crippen LogP contribution in [-0.2, 0) is 19.6 Å². The van der Waals surface area contributed by atoms with Gasteiger partial charge in [0.1, 0.15) is 6.04 Å². The first kappa shape index (κ1) is 16.7. The third-order valence-corrected chi connectivity index (χ3v) is 5.65. The van der Waals surface area contributed by atoms with Gasteiger partial charge in [0, 0.05) is 32.2 Å². The van der Waals surface area contributed by atoms with E-state index >= 15 is 0 Å². The van der Waals surface area contributed by atoms with Crippen LogP contribution in [-0.4, -0.2) is 68.7 Å². The molecule has 7 heteroatoms. The van der Waals surface area contributed by atoms with Crippen LogP contribution in [0, 0.1) is 5.92 Å². The highest BCUT2D eigenvalue weighted by Gasteiger charge is 2.37. The Bertz CT molecular complexity index is 460. The molecule has 0 bridgehead atoms. The first-order chi connectivity index (χ1) is 9.93. The van der Waals surface area contributed by atoms with Crippen molar-refractivity contribution in [2.75, 3.05) is 39.1 Å². The Balaban J connectivity index is 2.06. The van der Waals surface area contributed by atoms with Crippen LogP contribution < -0.4 is 0 Å². The molecule has 2 aliphatic heterocycles. The lowest BCUT2D eigenvalue weighted by Crippen LogP contribution is -2.53. The van der Waals surface area contributed by atoms with Gasteiger partial charge in [0.25, 0.3) is 0 Å². The number of carbonyl (C=O) groups excluding carboxylic acids is 1. The molecule has 0 N–H and O–H groups in total. The molecule has 0 aromatic rings. The molecule has 122 valence electrons. The van der Waals surface area contributed by atoms with Crippen LogP contribution in [0.25, 0.3) is 0 Å². The molecule has 1 amide bonds. The molecule has 0 unspecified atom stereocenters. The van der Waals surface area contributed by atoms with Crippen molar-refractivity contribution >= 4 is 15.9 Å². The summed E-state index contributed by atoms with van der Waals surface area (Å²) in [6.45, 7) is 5.15. The zero-order chi connectivity index (χ0) is 15.5. The molecule has 0 radical (unpaired) electrons. The van der Waals surface area contributed by atoms with E-state index in [9.17, 15) is 13.2 Å². The summed E-state index contributed by atoms with van der Waals surface area (Å²) in [6, 6.07) is -0.518. The molecule has 2 aliphatic rings. The summed E-state index contributed by atoms with van der Waals surface area (Å²) >= 11 is 0. The van der Waals surface area contributed by atoms with Gasteiger partial charge in [0.05, 0.1) is 12.9 Å². The molecule has 2 fully saturated rings. The van der Waals surface area contributed by atoms with E-state index in [-0.39, 0.29) is 5.91 Å². The van der Waals surface area contributed by atoms with Gasteiger partial charge >= 0.3 is 0 Å². The van der Waals surface area contributed by atoms with Crippen LogP contribution in [0.2, 0.25) is 0 Å². The molecule has 21 heavy (non-hydrogen) atoms. The van der Waals surface area contributed by atoms with Crippen molar-refractivity contribution in [1.29, 1.82) is 0 Å². The third kappa shape index (κ3) is 4.17. The van der Waals surface area contributed by atoms with Gasteiger partial charge < -0.3 is 9.64 Å². The van der Waals surface area contributed by atoms with Crippen LogP contribution in [0.5, 0.6) is 0 Å². The van der Waals surface area contributed by atoms with Crippen molar-refractivity contribution < 1.29 is 17.9 Å². The molecule has 2 heterocycles. The molecule has 2 saturated heterocycles. The van der Waals surface area contributed by atoms with Crippen molar-refractivity contribution in [1.82, 2.24) is 9.21 Å². The first-order valence-corrected chi connectivity index (χ1v) is 9.61. The van der Waals surface area contributed by atoms with E-state index in [1.165, 1.54) is 10.6 Å². The number of amides is 1. The van der Waals surface area contributed by atoms with Crippen LogP contribution >= 0.6 is 0 Å². The summed E-state index contributed by atoms with van der Waals surface area (Å²) in [7, 11) is -3.33. The summed E-state index contributed by atoms with van der Waals surface area (Å²) in [4.78, 5) is 14.6. The van der Waals surface area contributed by atoms with E-state index in [2.05, 4.69) is 0 Å². The fraction of sp³-hybridized carbons (Fsp3) is 0.929. The molecule has 0 saturated carbocycles. The number of likely N-dealkylation sites (N-methyl/N-ethyl adjacent to an activating group) is 1. The lowest BCUT2D eigenvalue weighted by Gasteiger charge is -2.36. The Morgan fingerprint density at radius 1 is 1.33 bits per heavy atom. The van der Waals surface area contributed by atoms with Gasteiger partial charge in [-0.2, -0.15) is 4.31 Å². The zero-order valence-corrected chi connectivity index (χ0v) is 13.8. The average Bonchev–Trinajstić information content (AvgIpc) is 2.96. The van der Waals surface area contributed by atoms with Gasteiger partial charge in [-0.05, 0) is 26.2 Å². The number of hydrogen-bond donors (Lipinski definition) is 0. The van der Waals surface area contributed by atoms with E-state index in [1.807, 2.05) is 6.92 Å². The SMILES string of the molecule is CCN(C[C@@H]1CCOC1)C(=O)[C@@H]1CCCCN1S(C)(=O)=O. The topological polar surface area (TPSA) is 66.9 Å². The second-order valence-corrected chi connectivity index (χ2v) is 7.93. The maximum absolute atomic E-state index is 12.8. The predicted octanol–water partition coefficient (Wildman–Crippen LogP) is 0.686. The molecule has 2 rings (SSSR count). The largest absolute Gasteiger partial charge is 0.381 e. The zero-order valence-electron chi connectivity index (χ0n) is 13.0. The summed E-state index contributed by atoms with van der Waals surface area (Å²) in [5.41, 5.74) is 0. The number of carbonyl (C=O) groups is 1. The van der Waals surface area contributed by atoms with Crippen LogP contribution in [0.4, 0.5) is 0 Å². The summed E-state index contributed by atoms with van der Waals surface area (Å²) in [6.07, 6.45) is 4.54. The average molecular weight is 318 g/mol. The Morgan fingerprint density at radius 3 is 2.67 bits per heavy atom. The van der Waals surface area contributed by atoms with Gasteiger partial charge in [-0.25, -0.2) is 8.42 Å². The van der Waals surface area contributed by atoms with E-state index in [0.717, 1.165) is 25.9 Å². The maximum Gasteiger partial charge on any atom is 0.241 e. The minimum Gasteiger partial charge on any atom is -0.381 e. The van der Waals surface area contributed by atoms with Gasteiger partial charge in [0.2, 0.25) is 15.9 Å². The van der Waals surface area contributed by atoms with E-state index < -0.39 is 16.1 Å². The second kappa shape index (κ2) is 7.07. The van der Waals surface area contributed by atoms with Crippen LogP contribution in [0.15, 0.2) is 0 Å². The Hall–Kier alpha value is -0.660. The smallest absolute Gasteiger partial charge is 0.241 e. The fourth-order valence-electron chi connectivity index (χ4n) is 3.17. The van der Waals surface area contributed by atoms with Crippen molar-refractivity contribution in [2.45, 2.75) is 38.6 Å². The number of sulfonamides is 1. The first-order valence-electron chi connectivity index (χ1n) is 7.76. The maximum atomic E-state index is 12.8. The lowest BCUT2D eigenvalue weighted by molar-refractivity contribution is -0.136. The second-order valence-electron chi connectivity index (χ2n) is 5.99. The minimum absolute atomic E-state index is 0.0467. The van der Waals surface area contributed by atoms with Crippen molar-refractivity contribution in [3.05, 3.63) is 0 Å². The van der Waals surface area contributed by atoms with Crippen LogP contribution in [0.1, 0.15) is 32.6 Å². The van der Waals surface area contributed by atoms with Crippen molar-refractivity contribution in [3.63, 3.8) is 0 Å². The Kier molecular flexibility index (Phi) is 5.62. The fourth-order valence-corrected chi connectivity index (χ4v) is 4.29. The number of hydrogen-bond acceptors (Lipinski definition) is 4. The highest BCUT2D eigenvalue weighted by atomic mass is 32.2. The molecule has 0 aromatic carbocycles. The third-order valence-electron chi connectivity index (χ3n) is 4.36. The predicted molar refractivity (Wildman–Crippen MR) is 80.4 cm³/mol. The lowest BCUT2D eigenvalue weighted by atomic mass is 10.0. The number of nitrogens with zero attached hydrogens (tertiary/aromatic N) is 2. The van der Waals surface area contributed by atoms with Gasteiger partial charge in [0.15, 0.2) is 0 Å². The number of ether oxygens (including phenoxy) is 1. The van der Waals surface area contributed by atoms with E-state index in [1.54, 1.807) is 4.90 Å². The van der Waals surface area contributed by atoms with Crippen LogP contribution in [0.3, 0.4) is 0 Å². The van der Waals surface area contributed by atoms with Crippen molar-refractivity contribution in [3.8, 4) is 0 Å². The number of rotatable bonds is 5. The minimum atomic E-state index is -3.33. The normalized spacial score (nSPS) is 27.7. The summed E-state index contributed by atoms with van der Waals surface area (Å²) in [5, 5.41) is 0. The van der Waals surface area contributed by atoms with E-state index in [4.69, 9.17) is 4.74 Å². The number of piperidine rings is 1.